The number of carbonyl (C=O) groups excluding carboxylic acids is 1. The lowest BCUT2D eigenvalue weighted by molar-refractivity contribution is 0.104. The van der Waals surface area contributed by atoms with Crippen molar-refractivity contribution in [1.29, 1.82) is 5.26 Å². The Kier molecular flexibility index (Phi) is 4.97. The lowest BCUT2D eigenvalue weighted by Gasteiger charge is -2.01. The maximum Gasteiger partial charge on any atom is 0.203 e. The minimum absolute atomic E-state index is 0.149. The van der Waals surface area contributed by atoms with E-state index in [1.54, 1.807) is 30.0 Å². The van der Waals surface area contributed by atoms with Crippen LogP contribution in [0.2, 0.25) is 0 Å². The molecule has 0 aliphatic carbocycles. The van der Waals surface area contributed by atoms with Gasteiger partial charge in [-0.25, -0.2) is 0 Å². The second-order valence-corrected chi connectivity index (χ2v) is 5.52. The topological polar surface area (TPSA) is 40.9 Å². The van der Waals surface area contributed by atoms with Crippen molar-refractivity contribution < 1.29 is 4.79 Å². The van der Waals surface area contributed by atoms with E-state index in [4.69, 9.17) is 0 Å². The molecule has 0 fully saturated rings. The first-order valence-corrected chi connectivity index (χ1v) is 7.73. The second-order valence-electron chi connectivity index (χ2n) is 4.64. The molecule has 0 saturated carbocycles. The predicted molar refractivity (Wildman–Crippen MR) is 87.3 cm³/mol. The summed E-state index contributed by atoms with van der Waals surface area (Å²) in [5, 5.41) is 9.23. The van der Waals surface area contributed by atoms with Crippen LogP contribution in [0.5, 0.6) is 0 Å². The second kappa shape index (κ2) is 6.92. The number of benzene rings is 2. The molecule has 2 aromatic carbocycles. The molecule has 2 nitrogen and oxygen atoms in total. The van der Waals surface area contributed by atoms with E-state index in [0.29, 0.717) is 5.56 Å². The van der Waals surface area contributed by atoms with Gasteiger partial charge in [0.1, 0.15) is 11.6 Å². The van der Waals surface area contributed by atoms with Gasteiger partial charge in [0, 0.05) is 10.5 Å². The lowest BCUT2D eigenvalue weighted by atomic mass is 10.0. The molecule has 0 spiro atoms. The highest BCUT2D eigenvalue weighted by Gasteiger charge is 2.11. The van der Waals surface area contributed by atoms with E-state index in [1.807, 2.05) is 55.6 Å². The van der Waals surface area contributed by atoms with Gasteiger partial charge in [-0.15, -0.1) is 11.8 Å². The Balaban J connectivity index is 2.29. The van der Waals surface area contributed by atoms with Crippen molar-refractivity contribution in [2.75, 3.05) is 6.26 Å². The Labute approximate surface area is 129 Å². The molecule has 21 heavy (non-hydrogen) atoms. The van der Waals surface area contributed by atoms with Crippen LogP contribution in [0, 0.1) is 18.3 Å². The standard InChI is InChI=1S/C18H15NOS/c1-13-3-7-15(8-4-13)18(20)16(12-19)11-14-5-9-17(21-2)10-6-14/h3-11H,1-2H3. The summed E-state index contributed by atoms with van der Waals surface area (Å²) in [6.45, 7) is 1.96. The summed E-state index contributed by atoms with van der Waals surface area (Å²) in [5.41, 5.74) is 2.62. The number of aryl methyl sites for hydroxylation is 1. The number of allylic oxidation sites excluding steroid dienone is 1. The smallest absolute Gasteiger partial charge is 0.203 e. The summed E-state index contributed by atoms with van der Waals surface area (Å²) in [7, 11) is 0. The van der Waals surface area contributed by atoms with Crippen molar-refractivity contribution in [3.8, 4) is 6.07 Å². The summed E-state index contributed by atoms with van der Waals surface area (Å²) in [4.78, 5) is 13.5. The first-order chi connectivity index (χ1) is 10.1. The predicted octanol–water partition coefficient (Wildman–Crippen LogP) is 4.51. The molecule has 0 radical (unpaired) electrons. The molecule has 0 heterocycles. The first-order valence-electron chi connectivity index (χ1n) is 6.51. The van der Waals surface area contributed by atoms with Crippen molar-refractivity contribution in [2.24, 2.45) is 0 Å². The molecule has 104 valence electrons. The number of thioether (sulfide) groups is 1. The van der Waals surface area contributed by atoms with Gasteiger partial charge in [0.25, 0.3) is 0 Å². The van der Waals surface area contributed by atoms with E-state index < -0.39 is 0 Å². The molecule has 0 saturated heterocycles. The zero-order valence-electron chi connectivity index (χ0n) is 12.0. The van der Waals surface area contributed by atoms with Crippen LogP contribution >= 0.6 is 11.8 Å². The number of hydrogen-bond acceptors (Lipinski definition) is 3. The summed E-state index contributed by atoms with van der Waals surface area (Å²) >= 11 is 1.65. The number of carbonyl (C=O) groups is 1. The first kappa shape index (κ1) is 15.1. The van der Waals surface area contributed by atoms with Crippen molar-refractivity contribution in [3.05, 3.63) is 70.8 Å². The van der Waals surface area contributed by atoms with Crippen molar-refractivity contribution >= 4 is 23.6 Å². The number of Topliss-reactive ketones (excluding diaryl/α,β-unsaturated/α-hetero) is 1. The SMILES string of the molecule is CSc1ccc(C=C(C#N)C(=O)c2ccc(C)cc2)cc1. The molecule has 3 heteroatoms. The average Bonchev–Trinajstić information content (AvgIpc) is 2.53. The summed E-state index contributed by atoms with van der Waals surface area (Å²) in [6.07, 6.45) is 3.64. The van der Waals surface area contributed by atoms with Gasteiger partial charge in [0.15, 0.2) is 0 Å². The molecule has 0 N–H and O–H groups in total. The van der Waals surface area contributed by atoms with Crippen LogP contribution in [-0.4, -0.2) is 12.0 Å². The quantitative estimate of drug-likeness (QED) is 0.360. The van der Waals surface area contributed by atoms with Gasteiger partial charge in [-0.3, -0.25) is 4.79 Å². The largest absolute Gasteiger partial charge is 0.288 e. The van der Waals surface area contributed by atoms with Gasteiger partial charge in [-0.05, 0) is 37.0 Å². The van der Waals surface area contributed by atoms with Crippen molar-refractivity contribution in [2.45, 2.75) is 11.8 Å². The highest BCUT2D eigenvalue weighted by Crippen LogP contribution is 2.18. The fraction of sp³-hybridized carbons (Fsp3) is 0.111. The van der Waals surface area contributed by atoms with Crippen molar-refractivity contribution in [1.82, 2.24) is 0 Å². The number of rotatable bonds is 4. The molecule has 0 aromatic heterocycles. The number of nitriles is 1. The Hall–Kier alpha value is -2.31. The normalized spacial score (nSPS) is 11.0. The third-order valence-corrected chi connectivity index (χ3v) is 3.85. The molecule has 2 aromatic rings. The maximum atomic E-state index is 12.3. The number of hydrogen-bond donors (Lipinski definition) is 0. The van der Waals surface area contributed by atoms with E-state index in [9.17, 15) is 10.1 Å². The monoisotopic (exact) mass is 293 g/mol. The van der Waals surface area contributed by atoms with Gasteiger partial charge in [-0.1, -0.05) is 42.0 Å². The summed E-state index contributed by atoms with van der Waals surface area (Å²) in [5.74, 6) is -0.244. The zero-order valence-corrected chi connectivity index (χ0v) is 12.8. The molecule has 0 atom stereocenters. The average molecular weight is 293 g/mol. The maximum absolute atomic E-state index is 12.3. The lowest BCUT2D eigenvalue weighted by Crippen LogP contribution is -2.01. The minimum atomic E-state index is -0.244. The van der Waals surface area contributed by atoms with Gasteiger partial charge in [-0.2, -0.15) is 5.26 Å². The van der Waals surface area contributed by atoms with Gasteiger partial charge < -0.3 is 0 Å². The van der Waals surface area contributed by atoms with E-state index >= 15 is 0 Å². The zero-order chi connectivity index (χ0) is 15.2. The number of nitrogens with zero attached hydrogens (tertiary/aromatic N) is 1. The van der Waals surface area contributed by atoms with Crippen LogP contribution in [0.15, 0.2) is 59.0 Å². The highest BCUT2D eigenvalue weighted by molar-refractivity contribution is 7.98. The fourth-order valence-corrected chi connectivity index (χ4v) is 2.28. The van der Waals surface area contributed by atoms with Crippen LogP contribution in [-0.2, 0) is 0 Å². The fourth-order valence-electron chi connectivity index (χ4n) is 1.88. The Bertz CT molecular complexity index is 706. The molecular weight excluding hydrogens is 278 g/mol. The molecule has 0 unspecified atom stereocenters. The van der Waals surface area contributed by atoms with Crippen molar-refractivity contribution in [3.63, 3.8) is 0 Å². The molecular formula is C18H15NOS. The van der Waals surface area contributed by atoms with Crippen LogP contribution in [0.1, 0.15) is 21.5 Å². The highest BCUT2D eigenvalue weighted by atomic mass is 32.2. The minimum Gasteiger partial charge on any atom is -0.288 e. The van der Waals surface area contributed by atoms with Gasteiger partial charge in [0.2, 0.25) is 5.78 Å². The molecule has 0 aliphatic rings. The van der Waals surface area contributed by atoms with E-state index in [-0.39, 0.29) is 11.4 Å². The van der Waals surface area contributed by atoms with Crippen LogP contribution in [0.25, 0.3) is 6.08 Å². The molecule has 0 aliphatic heterocycles. The third-order valence-electron chi connectivity index (χ3n) is 3.11. The molecule has 2 rings (SSSR count). The Morgan fingerprint density at radius 1 is 1.10 bits per heavy atom. The Morgan fingerprint density at radius 2 is 1.71 bits per heavy atom. The Morgan fingerprint density at radius 3 is 2.24 bits per heavy atom. The van der Waals surface area contributed by atoms with Crippen LogP contribution in [0.3, 0.4) is 0 Å². The molecule has 0 bridgehead atoms. The van der Waals surface area contributed by atoms with Crippen LogP contribution in [0.4, 0.5) is 0 Å². The van der Waals surface area contributed by atoms with E-state index in [0.717, 1.165) is 16.0 Å². The van der Waals surface area contributed by atoms with Crippen LogP contribution < -0.4 is 0 Å². The number of ketones is 1. The van der Waals surface area contributed by atoms with E-state index in [2.05, 4.69) is 0 Å². The van der Waals surface area contributed by atoms with Gasteiger partial charge in [0.05, 0.1) is 0 Å². The summed E-state index contributed by atoms with van der Waals surface area (Å²) < 4.78 is 0. The summed E-state index contributed by atoms with van der Waals surface area (Å²) in [6, 6.07) is 17.0. The van der Waals surface area contributed by atoms with E-state index in [1.165, 1.54) is 0 Å². The molecule has 0 amide bonds. The third kappa shape index (κ3) is 3.84. The van der Waals surface area contributed by atoms with Gasteiger partial charge >= 0.3 is 0 Å².